The van der Waals surface area contributed by atoms with Gasteiger partial charge in [0.2, 0.25) is 11.8 Å². The van der Waals surface area contributed by atoms with Crippen molar-refractivity contribution in [1.82, 2.24) is 0 Å². The third kappa shape index (κ3) is 5.67. The third-order valence-electron chi connectivity index (χ3n) is 3.21. The Morgan fingerprint density at radius 2 is 1.62 bits per heavy atom. The summed E-state index contributed by atoms with van der Waals surface area (Å²) >= 11 is 1.42. The molecule has 0 saturated carbocycles. The summed E-state index contributed by atoms with van der Waals surface area (Å²) in [5.41, 5.74) is 10.9. The third-order valence-corrected chi connectivity index (χ3v) is 4.34. The van der Waals surface area contributed by atoms with Crippen molar-refractivity contribution in [3.05, 3.63) is 24.3 Å². The number of rotatable bonds is 8. The second-order valence-electron chi connectivity index (χ2n) is 5.45. The zero-order chi connectivity index (χ0) is 16.0. The number of hydrogen-bond acceptors (Lipinski definition) is 4. The molecule has 2 amide bonds. The van der Waals surface area contributed by atoms with E-state index in [0.717, 1.165) is 4.90 Å². The normalized spacial score (nSPS) is 13.9. The smallest absolute Gasteiger partial charge is 0.222 e. The summed E-state index contributed by atoms with van der Waals surface area (Å²) in [6.45, 7) is 3.95. The molecule has 0 bridgehead atoms. The molecule has 1 rings (SSSR count). The molecule has 0 aliphatic heterocycles. The van der Waals surface area contributed by atoms with Gasteiger partial charge in [-0.15, -0.1) is 11.8 Å². The number of phenolic OH excluding ortho intramolecular Hbond substituents is 1. The van der Waals surface area contributed by atoms with E-state index < -0.39 is 23.7 Å². The van der Waals surface area contributed by atoms with Crippen LogP contribution in [0, 0.1) is 17.8 Å². The van der Waals surface area contributed by atoms with E-state index in [1.165, 1.54) is 11.8 Å². The van der Waals surface area contributed by atoms with E-state index in [9.17, 15) is 14.7 Å². The van der Waals surface area contributed by atoms with Gasteiger partial charge in [0.05, 0.1) is 11.8 Å². The molecule has 1 unspecified atom stereocenters. The molecule has 0 radical (unpaired) electrons. The maximum Gasteiger partial charge on any atom is 0.222 e. The Morgan fingerprint density at radius 3 is 2.05 bits per heavy atom. The number of phenols is 1. The average Bonchev–Trinajstić information content (AvgIpc) is 2.38. The Morgan fingerprint density at radius 1 is 1.10 bits per heavy atom. The fourth-order valence-corrected chi connectivity index (χ4v) is 3.21. The molecule has 0 aliphatic rings. The number of hydrogen-bond donors (Lipinski definition) is 3. The first-order valence-corrected chi connectivity index (χ1v) is 7.80. The maximum absolute atomic E-state index is 11.7. The Bertz CT molecular complexity index is 488. The lowest BCUT2D eigenvalue weighted by Crippen LogP contribution is -2.39. The Hall–Kier alpha value is -1.69. The first-order chi connectivity index (χ1) is 9.81. The molecule has 0 saturated heterocycles. The molecule has 21 heavy (non-hydrogen) atoms. The zero-order valence-corrected chi connectivity index (χ0v) is 13.1. The van der Waals surface area contributed by atoms with E-state index in [1.54, 1.807) is 24.3 Å². The maximum atomic E-state index is 11.7. The molecular weight excluding hydrogens is 288 g/mol. The van der Waals surface area contributed by atoms with E-state index >= 15 is 0 Å². The van der Waals surface area contributed by atoms with Gasteiger partial charge in [-0.1, -0.05) is 13.8 Å². The second kappa shape index (κ2) is 7.93. The number of amides is 2. The lowest BCUT2D eigenvalue weighted by Gasteiger charge is -2.23. The summed E-state index contributed by atoms with van der Waals surface area (Å²) in [5.74, 6) is -1.32. The number of nitrogens with two attached hydrogens (primary N) is 2. The van der Waals surface area contributed by atoms with Crippen LogP contribution in [0.1, 0.15) is 20.3 Å². The van der Waals surface area contributed by atoms with Gasteiger partial charge < -0.3 is 16.6 Å². The molecule has 0 aliphatic carbocycles. The Labute approximate surface area is 129 Å². The molecule has 5 nitrogen and oxygen atoms in total. The molecule has 1 aromatic carbocycles. The van der Waals surface area contributed by atoms with Crippen molar-refractivity contribution >= 4 is 23.6 Å². The summed E-state index contributed by atoms with van der Waals surface area (Å²) in [4.78, 5) is 24.2. The monoisotopic (exact) mass is 310 g/mol. The largest absolute Gasteiger partial charge is 0.508 e. The minimum Gasteiger partial charge on any atom is -0.508 e. The van der Waals surface area contributed by atoms with E-state index in [2.05, 4.69) is 0 Å². The summed E-state index contributed by atoms with van der Waals surface area (Å²) in [7, 11) is 0. The highest BCUT2D eigenvalue weighted by Gasteiger charge is 2.31. The quantitative estimate of drug-likeness (QED) is 0.636. The van der Waals surface area contributed by atoms with Gasteiger partial charge in [-0.25, -0.2) is 0 Å². The first-order valence-electron chi connectivity index (χ1n) is 6.81. The fourth-order valence-electron chi connectivity index (χ4n) is 2.11. The van der Waals surface area contributed by atoms with E-state index in [0.29, 0.717) is 12.2 Å². The van der Waals surface area contributed by atoms with Crippen LogP contribution in [-0.4, -0.2) is 22.7 Å². The lowest BCUT2D eigenvalue weighted by molar-refractivity contribution is -0.131. The Balaban J connectivity index is 2.78. The highest BCUT2D eigenvalue weighted by molar-refractivity contribution is 7.99. The number of benzene rings is 1. The van der Waals surface area contributed by atoms with Crippen molar-refractivity contribution in [3.8, 4) is 5.75 Å². The second-order valence-corrected chi connectivity index (χ2v) is 6.55. The summed E-state index contributed by atoms with van der Waals surface area (Å²) < 4.78 is 0. The Kier molecular flexibility index (Phi) is 6.55. The van der Waals surface area contributed by atoms with Crippen molar-refractivity contribution in [3.63, 3.8) is 0 Å². The highest BCUT2D eigenvalue weighted by atomic mass is 32.2. The topological polar surface area (TPSA) is 106 Å². The molecule has 0 heterocycles. The van der Waals surface area contributed by atoms with E-state index in [-0.39, 0.29) is 11.7 Å². The number of carbonyl (C=O) groups is 2. The standard InChI is InChI=1S/C15H22N2O3S/c1-9(2)7-12(14(16)19)13(15(17)20)8-21-11-5-3-10(18)4-6-11/h3-6,9,12-13,18H,7-8H2,1-2H3,(H2,16,19)(H2,17,20)/t12?,13-/m1/s1. The number of aromatic hydroxyl groups is 1. The summed E-state index contributed by atoms with van der Waals surface area (Å²) in [6.07, 6.45) is 0.541. The van der Waals surface area contributed by atoms with Gasteiger partial charge in [-0.05, 0) is 36.6 Å². The minimum atomic E-state index is -0.594. The van der Waals surface area contributed by atoms with Crippen LogP contribution in [0.4, 0.5) is 0 Å². The van der Waals surface area contributed by atoms with Crippen molar-refractivity contribution in [2.45, 2.75) is 25.2 Å². The molecule has 0 fully saturated rings. The molecule has 5 N–H and O–H groups in total. The van der Waals surface area contributed by atoms with Crippen molar-refractivity contribution in [2.24, 2.45) is 29.2 Å². The molecule has 116 valence electrons. The van der Waals surface area contributed by atoms with Gasteiger partial charge in [0.15, 0.2) is 0 Å². The van der Waals surface area contributed by atoms with Crippen LogP contribution < -0.4 is 11.5 Å². The van der Waals surface area contributed by atoms with Gasteiger partial charge in [-0.3, -0.25) is 9.59 Å². The highest BCUT2D eigenvalue weighted by Crippen LogP contribution is 2.28. The first kappa shape index (κ1) is 17.4. The molecule has 6 heteroatoms. The van der Waals surface area contributed by atoms with Crippen LogP contribution in [0.2, 0.25) is 0 Å². The van der Waals surface area contributed by atoms with Crippen LogP contribution >= 0.6 is 11.8 Å². The fraction of sp³-hybridized carbons (Fsp3) is 0.467. The van der Waals surface area contributed by atoms with E-state index in [4.69, 9.17) is 11.5 Å². The molecule has 1 aromatic rings. The molecule has 2 atom stereocenters. The summed E-state index contributed by atoms with van der Waals surface area (Å²) in [6, 6.07) is 6.64. The van der Waals surface area contributed by atoms with Crippen LogP contribution in [0.15, 0.2) is 29.2 Å². The van der Waals surface area contributed by atoms with Gasteiger partial charge in [0.1, 0.15) is 5.75 Å². The number of primary amides is 2. The minimum absolute atomic E-state index is 0.181. The zero-order valence-electron chi connectivity index (χ0n) is 12.3. The molecule has 0 aromatic heterocycles. The van der Waals surface area contributed by atoms with Crippen LogP contribution in [0.25, 0.3) is 0 Å². The molecule has 0 spiro atoms. The number of thioether (sulfide) groups is 1. The van der Waals surface area contributed by atoms with Crippen LogP contribution in [0.5, 0.6) is 5.75 Å². The van der Waals surface area contributed by atoms with Crippen LogP contribution in [-0.2, 0) is 9.59 Å². The average molecular weight is 310 g/mol. The van der Waals surface area contributed by atoms with Gasteiger partial charge in [-0.2, -0.15) is 0 Å². The predicted molar refractivity (Wildman–Crippen MR) is 83.7 cm³/mol. The van der Waals surface area contributed by atoms with Crippen molar-refractivity contribution in [1.29, 1.82) is 0 Å². The van der Waals surface area contributed by atoms with Gasteiger partial charge in [0.25, 0.3) is 0 Å². The SMILES string of the molecule is CC(C)CC(C(N)=O)[C@@H](CSc1ccc(O)cc1)C(N)=O. The van der Waals surface area contributed by atoms with Crippen LogP contribution in [0.3, 0.4) is 0 Å². The lowest BCUT2D eigenvalue weighted by atomic mass is 9.85. The predicted octanol–water partition coefficient (Wildman–Crippen LogP) is 1.73. The van der Waals surface area contributed by atoms with Gasteiger partial charge >= 0.3 is 0 Å². The van der Waals surface area contributed by atoms with Crippen molar-refractivity contribution < 1.29 is 14.7 Å². The van der Waals surface area contributed by atoms with Gasteiger partial charge in [0, 0.05) is 10.6 Å². The summed E-state index contributed by atoms with van der Waals surface area (Å²) in [5, 5.41) is 9.24. The van der Waals surface area contributed by atoms with E-state index in [1.807, 2.05) is 13.8 Å². The molecular formula is C15H22N2O3S. The number of carbonyl (C=O) groups excluding carboxylic acids is 2. The van der Waals surface area contributed by atoms with Crippen molar-refractivity contribution in [2.75, 3.05) is 5.75 Å².